The largest absolute Gasteiger partial charge is 0.353 e. The van der Waals surface area contributed by atoms with E-state index < -0.39 is 0 Å². The van der Waals surface area contributed by atoms with E-state index in [0.717, 1.165) is 24.0 Å². The van der Waals surface area contributed by atoms with Crippen LogP contribution in [-0.4, -0.2) is 22.6 Å². The van der Waals surface area contributed by atoms with Gasteiger partial charge in [-0.1, -0.05) is 32.4 Å². The van der Waals surface area contributed by atoms with E-state index in [1.807, 2.05) is 0 Å². The third kappa shape index (κ3) is 2.87. The van der Waals surface area contributed by atoms with Crippen molar-refractivity contribution in [3.05, 3.63) is 23.7 Å². The van der Waals surface area contributed by atoms with Gasteiger partial charge >= 0.3 is 0 Å². The van der Waals surface area contributed by atoms with Crippen molar-refractivity contribution in [1.82, 2.24) is 9.97 Å². The Morgan fingerprint density at radius 2 is 2.15 bits per heavy atom. The molecule has 1 aliphatic rings. The summed E-state index contributed by atoms with van der Waals surface area (Å²) in [6, 6.07) is 0.633. The molecule has 0 bridgehead atoms. The van der Waals surface area contributed by atoms with Gasteiger partial charge in [0.1, 0.15) is 12.1 Å². The predicted molar refractivity (Wildman–Crippen MR) is 85.9 cm³/mol. The summed E-state index contributed by atoms with van der Waals surface area (Å²) in [6.45, 7) is 9.84. The molecule has 0 radical (unpaired) electrons. The third-order valence-electron chi connectivity index (χ3n) is 4.43. The molecule has 0 amide bonds. The average molecular weight is 273 g/mol. The molecular formula is C17H27N3. The molecule has 1 aromatic heterocycles. The maximum atomic E-state index is 4.60. The number of aryl methyl sites for hydroxylation is 1. The number of rotatable bonds is 5. The van der Waals surface area contributed by atoms with Crippen LogP contribution in [0.5, 0.6) is 0 Å². The first kappa shape index (κ1) is 15.0. The lowest BCUT2D eigenvalue weighted by Gasteiger charge is -2.29. The molecule has 2 atom stereocenters. The van der Waals surface area contributed by atoms with Crippen molar-refractivity contribution in [2.24, 2.45) is 5.92 Å². The van der Waals surface area contributed by atoms with Crippen molar-refractivity contribution in [1.29, 1.82) is 0 Å². The molecule has 1 saturated heterocycles. The second-order valence-corrected chi connectivity index (χ2v) is 5.70. The van der Waals surface area contributed by atoms with Crippen LogP contribution in [0.25, 0.3) is 6.08 Å². The van der Waals surface area contributed by atoms with E-state index in [-0.39, 0.29) is 0 Å². The average Bonchev–Trinajstić information content (AvgIpc) is 2.84. The molecule has 0 aromatic carbocycles. The molecule has 1 aromatic rings. The molecular weight excluding hydrogens is 246 g/mol. The highest BCUT2D eigenvalue weighted by Crippen LogP contribution is 2.35. The van der Waals surface area contributed by atoms with Crippen molar-refractivity contribution in [2.45, 2.75) is 59.4 Å². The van der Waals surface area contributed by atoms with Crippen LogP contribution in [-0.2, 0) is 0 Å². The van der Waals surface area contributed by atoms with Gasteiger partial charge in [-0.2, -0.15) is 0 Å². The molecule has 3 heteroatoms. The van der Waals surface area contributed by atoms with Gasteiger partial charge in [0.15, 0.2) is 0 Å². The van der Waals surface area contributed by atoms with Crippen LogP contribution in [0.1, 0.15) is 57.7 Å². The van der Waals surface area contributed by atoms with E-state index >= 15 is 0 Å². The zero-order valence-electron chi connectivity index (χ0n) is 13.3. The summed E-state index contributed by atoms with van der Waals surface area (Å²) >= 11 is 0. The fourth-order valence-electron chi connectivity index (χ4n) is 3.50. The minimum atomic E-state index is 0.633. The Bertz CT molecular complexity index is 467. The van der Waals surface area contributed by atoms with Crippen molar-refractivity contribution >= 4 is 11.9 Å². The second kappa shape index (κ2) is 6.87. The van der Waals surface area contributed by atoms with Crippen LogP contribution >= 0.6 is 0 Å². The van der Waals surface area contributed by atoms with E-state index in [2.05, 4.69) is 54.7 Å². The Labute approximate surface area is 123 Å². The highest BCUT2D eigenvalue weighted by atomic mass is 15.2. The monoisotopic (exact) mass is 273 g/mol. The van der Waals surface area contributed by atoms with E-state index in [0.29, 0.717) is 6.04 Å². The first-order valence-corrected chi connectivity index (χ1v) is 7.93. The molecule has 0 aliphatic carbocycles. The topological polar surface area (TPSA) is 29.0 Å². The molecule has 0 N–H and O–H groups in total. The van der Waals surface area contributed by atoms with Gasteiger partial charge in [0.25, 0.3) is 0 Å². The molecule has 1 fully saturated rings. The van der Waals surface area contributed by atoms with Crippen LogP contribution in [0.15, 0.2) is 12.4 Å². The van der Waals surface area contributed by atoms with Crippen LogP contribution < -0.4 is 4.90 Å². The first-order valence-electron chi connectivity index (χ1n) is 7.93. The first-order chi connectivity index (χ1) is 9.72. The molecule has 0 spiro atoms. The van der Waals surface area contributed by atoms with Gasteiger partial charge in [-0.25, -0.2) is 9.97 Å². The molecule has 2 heterocycles. The molecule has 110 valence electrons. The highest BCUT2D eigenvalue weighted by molar-refractivity contribution is 5.66. The standard InChI is InChI=1S/C17H27N3/c1-5-8-14-10-11-20(16(14)7-3)17-15(9-6-2)13(4)18-12-19-17/h6,9,12,14,16H,5,7-8,10-11H2,1-4H3/b9-6-. The zero-order valence-corrected chi connectivity index (χ0v) is 13.3. The minimum Gasteiger partial charge on any atom is -0.353 e. The maximum Gasteiger partial charge on any atom is 0.139 e. The summed E-state index contributed by atoms with van der Waals surface area (Å²) in [7, 11) is 0. The second-order valence-electron chi connectivity index (χ2n) is 5.70. The Kier molecular flexibility index (Phi) is 5.16. The quantitative estimate of drug-likeness (QED) is 0.804. The van der Waals surface area contributed by atoms with Crippen LogP contribution in [0.4, 0.5) is 5.82 Å². The van der Waals surface area contributed by atoms with Gasteiger partial charge in [-0.3, -0.25) is 0 Å². The molecule has 3 nitrogen and oxygen atoms in total. The Balaban J connectivity index is 2.34. The van der Waals surface area contributed by atoms with Crippen LogP contribution in [0, 0.1) is 12.8 Å². The van der Waals surface area contributed by atoms with Gasteiger partial charge in [0, 0.05) is 18.2 Å². The van der Waals surface area contributed by atoms with E-state index in [1.54, 1.807) is 6.33 Å². The number of anilines is 1. The molecule has 2 unspecified atom stereocenters. The minimum absolute atomic E-state index is 0.633. The Morgan fingerprint density at radius 1 is 1.35 bits per heavy atom. The zero-order chi connectivity index (χ0) is 14.5. The summed E-state index contributed by atoms with van der Waals surface area (Å²) in [5.41, 5.74) is 2.26. The summed E-state index contributed by atoms with van der Waals surface area (Å²) in [4.78, 5) is 11.5. The van der Waals surface area contributed by atoms with Gasteiger partial charge in [-0.05, 0) is 39.0 Å². The normalized spacial score (nSPS) is 22.9. The van der Waals surface area contributed by atoms with E-state index in [4.69, 9.17) is 0 Å². The summed E-state index contributed by atoms with van der Waals surface area (Å²) in [6.07, 6.45) is 11.0. The number of allylic oxidation sites excluding steroid dienone is 1. The molecule has 20 heavy (non-hydrogen) atoms. The summed E-state index contributed by atoms with van der Waals surface area (Å²) in [5, 5.41) is 0. The molecule has 2 rings (SSSR count). The van der Waals surface area contributed by atoms with Crippen molar-refractivity contribution in [2.75, 3.05) is 11.4 Å². The summed E-state index contributed by atoms with van der Waals surface area (Å²) in [5.74, 6) is 1.94. The fourth-order valence-corrected chi connectivity index (χ4v) is 3.50. The van der Waals surface area contributed by atoms with Gasteiger partial charge in [0.05, 0.1) is 5.69 Å². The van der Waals surface area contributed by atoms with E-state index in [9.17, 15) is 0 Å². The predicted octanol–water partition coefficient (Wildman–Crippen LogP) is 4.22. The fraction of sp³-hybridized carbons (Fsp3) is 0.647. The van der Waals surface area contributed by atoms with Crippen LogP contribution in [0.3, 0.4) is 0 Å². The molecule has 0 saturated carbocycles. The SMILES string of the molecule is C/C=C\c1c(C)ncnc1N1CCC(CCC)C1CC. The Morgan fingerprint density at radius 3 is 2.80 bits per heavy atom. The highest BCUT2D eigenvalue weighted by Gasteiger charge is 2.33. The Hall–Kier alpha value is -1.38. The lowest BCUT2D eigenvalue weighted by molar-refractivity contribution is 0.424. The van der Waals surface area contributed by atoms with Crippen molar-refractivity contribution < 1.29 is 0 Å². The van der Waals surface area contributed by atoms with E-state index in [1.165, 1.54) is 31.2 Å². The van der Waals surface area contributed by atoms with Gasteiger partial charge in [0.2, 0.25) is 0 Å². The lowest BCUT2D eigenvalue weighted by Crippen LogP contribution is -2.33. The number of hydrogen-bond donors (Lipinski definition) is 0. The summed E-state index contributed by atoms with van der Waals surface area (Å²) < 4.78 is 0. The molecule has 1 aliphatic heterocycles. The van der Waals surface area contributed by atoms with Crippen molar-refractivity contribution in [3.63, 3.8) is 0 Å². The maximum absolute atomic E-state index is 4.60. The van der Waals surface area contributed by atoms with Gasteiger partial charge < -0.3 is 4.90 Å². The van der Waals surface area contributed by atoms with Gasteiger partial charge in [-0.15, -0.1) is 0 Å². The number of hydrogen-bond acceptors (Lipinski definition) is 3. The van der Waals surface area contributed by atoms with Crippen LogP contribution in [0.2, 0.25) is 0 Å². The third-order valence-corrected chi connectivity index (χ3v) is 4.43. The number of nitrogens with zero attached hydrogens (tertiary/aromatic N) is 3. The lowest BCUT2D eigenvalue weighted by atomic mass is 9.93. The van der Waals surface area contributed by atoms with Crippen molar-refractivity contribution in [3.8, 4) is 0 Å². The smallest absolute Gasteiger partial charge is 0.139 e. The number of aromatic nitrogens is 2.